The smallest absolute Gasteiger partial charge is 0.414 e. The zero-order valence-corrected chi connectivity index (χ0v) is 17.9. The Morgan fingerprint density at radius 3 is 2.16 bits per heavy atom. The van der Waals surface area contributed by atoms with Gasteiger partial charge in [0.25, 0.3) is 0 Å². The second-order valence-electron chi connectivity index (χ2n) is 7.65. The first-order valence-corrected chi connectivity index (χ1v) is 10.5. The Morgan fingerprint density at radius 2 is 1.62 bits per heavy atom. The van der Waals surface area contributed by atoms with Gasteiger partial charge >= 0.3 is 11.9 Å². The molecule has 0 saturated carbocycles. The lowest BCUT2D eigenvalue weighted by molar-refractivity contribution is -0.159. The molecule has 3 rings (SSSR count). The summed E-state index contributed by atoms with van der Waals surface area (Å²) in [6.07, 6.45) is 2.15. The Morgan fingerprint density at radius 1 is 1.03 bits per heavy atom. The second-order valence-corrected chi connectivity index (χ2v) is 7.65. The highest BCUT2D eigenvalue weighted by Gasteiger charge is 2.24. The number of hydrogen-bond acceptors (Lipinski definition) is 7. The number of rotatable bonds is 6. The van der Waals surface area contributed by atoms with Crippen LogP contribution in [-0.4, -0.2) is 90.4 Å². The van der Waals surface area contributed by atoms with Crippen molar-refractivity contribution in [1.29, 1.82) is 5.26 Å². The van der Waals surface area contributed by atoms with Crippen LogP contribution in [0.25, 0.3) is 0 Å². The molecular weight excluding hydrogens is 418 g/mol. The molecule has 2 saturated heterocycles. The van der Waals surface area contributed by atoms with Crippen LogP contribution in [0.15, 0.2) is 24.3 Å². The molecule has 0 spiro atoms. The van der Waals surface area contributed by atoms with E-state index in [9.17, 15) is 4.79 Å². The largest absolute Gasteiger partial charge is 0.473 e. The lowest BCUT2D eigenvalue weighted by atomic mass is 9.98. The quantitative estimate of drug-likeness (QED) is 0.606. The third kappa shape index (κ3) is 9.01. The summed E-state index contributed by atoms with van der Waals surface area (Å²) in [7, 11) is 0. The molecule has 0 aromatic heterocycles. The molecule has 0 unspecified atom stereocenters. The van der Waals surface area contributed by atoms with E-state index < -0.39 is 11.9 Å². The fourth-order valence-electron chi connectivity index (χ4n) is 3.43. The summed E-state index contributed by atoms with van der Waals surface area (Å²) in [5, 5.41) is 23.6. The van der Waals surface area contributed by atoms with Gasteiger partial charge in [-0.15, -0.1) is 0 Å². The molecule has 0 bridgehead atoms. The average Bonchev–Trinajstić information content (AvgIpc) is 2.81. The first kappa shape index (κ1) is 25.3. The number of likely N-dealkylation sites (tertiary alicyclic amines) is 1. The van der Waals surface area contributed by atoms with Gasteiger partial charge in [0.05, 0.1) is 38.0 Å². The number of hydrogen-bond donors (Lipinski definition) is 2. The van der Waals surface area contributed by atoms with Gasteiger partial charge < -0.3 is 24.6 Å². The van der Waals surface area contributed by atoms with Crippen molar-refractivity contribution in [2.45, 2.75) is 19.4 Å². The summed E-state index contributed by atoms with van der Waals surface area (Å²) >= 11 is 0. The minimum Gasteiger partial charge on any atom is -0.473 e. The number of carboxylic acids is 2. The van der Waals surface area contributed by atoms with E-state index in [2.05, 4.69) is 11.0 Å². The van der Waals surface area contributed by atoms with Crippen LogP contribution < -0.4 is 0 Å². The maximum atomic E-state index is 12.3. The van der Waals surface area contributed by atoms with E-state index in [4.69, 9.17) is 34.5 Å². The molecule has 2 aliphatic rings. The van der Waals surface area contributed by atoms with Gasteiger partial charge in [0.1, 0.15) is 0 Å². The fourth-order valence-corrected chi connectivity index (χ4v) is 3.43. The zero-order valence-electron chi connectivity index (χ0n) is 17.9. The number of benzene rings is 1. The van der Waals surface area contributed by atoms with E-state index in [0.29, 0.717) is 37.8 Å². The number of nitrogens with zero attached hydrogens (tertiary/aromatic N) is 3. The van der Waals surface area contributed by atoms with Crippen molar-refractivity contribution in [2.75, 3.05) is 52.5 Å². The molecule has 10 nitrogen and oxygen atoms in total. The Kier molecular flexibility index (Phi) is 10.6. The van der Waals surface area contributed by atoms with Crippen LogP contribution in [-0.2, 0) is 30.5 Å². The molecular formula is C22H29N3O7. The summed E-state index contributed by atoms with van der Waals surface area (Å²) in [5.41, 5.74) is 1.77. The Hall–Kier alpha value is -3.00. The van der Waals surface area contributed by atoms with Crippen molar-refractivity contribution < 1.29 is 34.1 Å². The van der Waals surface area contributed by atoms with E-state index in [0.717, 1.165) is 51.2 Å². The van der Waals surface area contributed by atoms with Crippen LogP contribution in [0.3, 0.4) is 0 Å². The molecule has 1 amide bonds. The number of nitriles is 1. The molecule has 174 valence electrons. The molecule has 32 heavy (non-hydrogen) atoms. The van der Waals surface area contributed by atoms with E-state index in [-0.39, 0.29) is 5.91 Å². The second kappa shape index (κ2) is 13.4. The predicted octanol–water partition coefficient (Wildman–Crippen LogP) is 0.801. The molecule has 2 aliphatic heterocycles. The molecule has 0 aliphatic carbocycles. The highest BCUT2D eigenvalue weighted by Crippen LogP contribution is 2.18. The van der Waals surface area contributed by atoms with Gasteiger partial charge in [-0.1, -0.05) is 12.1 Å². The molecule has 1 aromatic carbocycles. The van der Waals surface area contributed by atoms with Crippen molar-refractivity contribution in [3.8, 4) is 6.07 Å². The first-order chi connectivity index (χ1) is 15.4. The maximum absolute atomic E-state index is 12.3. The molecule has 0 radical (unpaired) electrons. The third-order valence-electron chi connectivity index (χ3n) is 5.32. The van der Waals surface area contributed by atoms with Crippen LogP contribution in [0.4, 0.5) is 0 Å². The highest BCUT2D eigenvalue weighted by atomic mass is 16.5. The predicted molar refractivity (Wildman–Crippen MR) is 113 cm³/mol. The summed E-state index contributed by atoms with van der Waals surface area (Å²) < 4.78 is 11.2. The third-order valence-corrected chi connectivity index (χ3v) is 5.32. The van der Waals surface area contributed by atoms with Crippen molar-refractivity contribution >= 4 is 17.8 Å². The monoisotopic (exact) mass is 447 g/mol. The van der Waals surface area contributed by atoms with E-state index in [1.54, 1.807) is 0 Å². The lowest BCUT2D eigenvalue weighted by Crippen LogP contribution is -2.47. The molecule has 2 heterocycles. The van der Waals surface area contributed by atoms with Gasteiger partial charge in [-0.05, 0) is 49.5 Å². The van der Waals surface area contributed by atoms with Crippen molar-refractivity contribution in [3.63, 3.8) is 0 Å². The van der Waals surface area contributed by atoms with E-state index in [1.807, 2.05) is 29.2 Å². The van der Waals surface area contributed by atoms with Crippen LogP contribution in [0.5, 0.6) is 0 Å². The number of carboxylic acid groups (broad SMARTS) is 2. The normalized spacial score (nSPS) is 17.0. The number of amides is 1. The van der Waals surface area contributed by atoms with Crippen molar-refractivity contribution in [2.24, 2.45) is 5.92 Å². The molecule has 1 aromatic rings. The lowest BCUT2D eigenvalue weighted by Gasteiger charge is -2.34. The van der Waals surface area contributed by atoms with Crippen LogP contribution in [0, 0.1) is 17.2 Å². The summed E-state index contributed by atoms with van der Waals surface area (Å²) in [5.74, 6) is -2.86. The first-order valence-electron chi connectivity index (χ1n) is 10.5. The van der Waals surface area contributed by atoms with Gasteiger partial charge in [-0.3, -0.25) is 9.69 Å². The molecule has 0 atom stereocenters. The Bertz CT molecular complexity index is 781. The molecule has 2 fully saturated rings. The maximum Gasteiger partial charge on any atom is 0.414 e. The van der Waals surface area contributed by atoms with Crippen LogP contribution >= 0.6 is 0 Å². The summed E-state index contributed by atoms with van der Waals surface area (Å²) in [6, 6.07) is 9.65. The Labute approximate surface area is 186 Å². The number of morpholine rings is 1. The topological polar surface area (TPSA) is 140 Å². The van der Waals surface area contributed by atoms with E-state index >= 15 is 0 Å². The molecule has 10 heteroatoms. The summed E-state index contributed by atoms with van der Waals surface area (Å²) in [6.45, 7) is 6.54. The van der Waals surface area contributed by atoms with E-state index in [1.165, 1.54) is 0 Å². The molecule has 2 N–H and O–H groups in total. The van der Waals surface area contributed by atoms with Crippen LogP contribution in [0.2, 0.25) is 0 Å². The number of piperidine rings is 1. The number of carbonyl (C=O) groups is 3. The van der Waals surface area contributed by atoms with Crippen LogP contribution in [0.1, 0.15) is 24.0 Å². The van der Waals surface area contributed by atoms with Gasteiger partial charge in [-0.25, -0.2) is 9.59 Å². The van der Waals surface area contributed by atoms with Gasteiger partial charge in [0.2, 0.25) is 5.91 Å². The number of ether oxygens (including phenoxy) is 2. The fraction of sp³-hybridized carbons (Fsp3) is 0.545. The minimum absolute atomic E-state index is 0.226. The van der Waals surface area contributed by atoms with Crippen molar-refractivity contribution in [1.82, 2.24) is 9.80 Å². The standard InChI is InChI=1S/C20H27N3O3.C2H2O4/c21-13-17-1-3-18(4-2-17)15-26-16-19-5-7-22(8-6-19)14-20(24)23-9-11-25-12-10-23;3-1(4)2(5)6/h1-4,19H,5-12,14-16H2;(H,3,4)(H,5,6). The average molecular weight is 447 g/mol. The SMILES string of the molecule is N#Cc1ccc(COCC2CCN(CC(=O)N3CCOCC3)CC2)cc1.O=C(O)C(=O)O. The highest BCUT2D eigenvalue weighted by molar-refractivity contribution is 6.27. The number of aliphatic carboxylic acids is 2. The van der Waals surface area contributed by atoms with Gasteiger partial charge in [0.15, 0.2) is 0 Å². The van der Waals surface area contributed by atoms with Crippen molar-refractivity contribution in [3.05, 3.63) is 35.4 Å². The number of carbonyl (C=O) groups excluding carboxylic acids is 1. The van der Waals surface area contributed by atoms with Gasteiger partial charge in [-0.2, -0.15) is 5.26 Å². The zero-order chi connectivity index (χ0) is 23.3. The van der Waals surface area contributed by atoms with Gasteiger partial charge in [0, 0.05) is 19.7 Å². The minimum atomic E-state index is -1.82. The Balaban J connectivity index is 0.000000534. The summed E-state index contributed by atoms with van der Waals surface area (Å²) in [4.78, 5) is 34.7.